The molecule has 0 aliphatic heterocycles. The number of aliphatic carboxylic acids is 1. The first-order chi connectivity index (χ1) is 18.4. The number of imidazole rings is 1. The molecule has 1 atom stereocenters. The number of anilines is 2. The van der Waals surface area contributed by atoms with Gasteiger partial charge in [0, 0.05) is 36.7 Å². The van der Waals surface area contributed by atoms with E-state index in [4.69, 9.17) is 0 Å². The lowest BCUT2D eigenvalue weighted by Crippen LogP contribution is -2.32. The molecule has 2 heterocycles. The Bertz CT molecular complexity index is 1540. The Kier molecular flexibility index (Phi) is 7.13. The molecule has 0 bridgehead atoms. The Morgan fingerprint density at radius 2 is 1.89 bits per heavy atom. The maximum atomic E-state index is 13.8. The molecule has 1 unspecified atom stereocenters. The van der Waals surface area contributed by atoms with Gasteiger partial charge in [-0.3, -0.25) is 0 Å². The molecule has 0 aliphatic rings. The molecule has 0 radical (unpaired) electrons. The van der Waals surface area contributed by atoms with Gasteiger partial charge < -0.3 is 25.3 Å². The molecule has 5 aromatic rings. The molecular weight excluding hydrogens is 481 g/mol. The third-order valence-corrected chi connectivity index (χ3v) is 6.66. The first-order valence-corrected chi connectivity index (χ1v) is 12.6. The minimum absolute atomic E-state index is 0.300. The van der Waals surface area contributed by atoms with Crippen LogP contribution in [0.3, 0.4) is 0 Å². The van der Waals surface area contributed by atoms with Gasteiger partial charge in [0.15, 0.2) is 0 Å². The Balaban J connectivity index is 1.24. The van der Waals surface area contributed by atoms with Gasteiger partial charge in [0.25, 0.3) is 0 Å². The van der Waals surface area contributed by atoms with Gasteiger partial charge in [0.05, 0.1) is 11.0 Å². The van der Waals surface area contributed by atoms with Crippen LogP contribution in [0.25, 0.3) is 16.7 Å². The molecule has 0 spiro atoms. The fourth-order valence-corrected chi connectivity index (χ4v) is 4.64. The highest BCUT2D eigenvalue weighted by Gasteiger charge is 2.20. The highest BCUT2D eigenvalue weighted by atomic mass is 19.1. The van der Waals surface area contributed by atoms with Crippen LogP contribution in [0.15, 0.2) is 79.1 Å². The van der Waals surface area contributed by atoms with E-state index in [1.54, 1.807) is 6.92 Å². The number of benzene rings is 3. The SMILES string of the molecule is CCc1cc(F)cc(C)c1NC(Cc1ccc(-n2ccc(CNc3nc4ccccc4[nH]3)c2)cc1)C(=O)O. The van der Waals surface area contributed by atoms with Gasteiger partial charge in [-0.2, -0.15) is 0 Å². The number of carboxylic acid groups (broad SMARTS) is 1. The van der Waals surface area contributed by atoms with Gasteiger partial charge in [0.1, 0.15) is 11.9 Å². The molecule has 194 valence electrons. The smallest absolute Gasteiger partial charge is 0.326 e. The van der Waals surface area contributed by atoms with Crippen molar-refractivity contribution >= 4 is 28.6 Å². The van der Waals surface area contributed by atoms with Crippen molar-refractivity contribution in [2.75, 3.05) is 10.6 Å². The van der Waals surface area contributed by atoms with E-state index in [0.717, 1.165) is 39.4 Å². The van der Waals surface area contributed by atoms with E-state index >= 15 is 0 Å². The van der Waals surface area contributed by atoms with Gasteiger partial charge in [-0.15, -0.1) is 0 Å². The summed E-state index contributed by atoms with van der Waals surface area (Å²) >= 11 is 0. The van der Waals surface area contributed by atoms with Crippen molar-refractivity contribution in [1.82, 2.24) is 14.5 Å². The minimum Gasteiger partial charge on any atom is -0.480 e. The number of hydrogen-bond donors (Lipinski definition) is 4. The van der Waals surface area contributed by atoms with Gasteiger partial charge in [-0.25, -0.2) is 14.2 Å². The summed E-state index contributed by atoms with van der Waals surface area (Å²) in [5.41, 5.74) is 7.04. The Morgan fingerprint density at radius 1 is 1.11 bits per heavy atom. The monoisotopic (exact) mass is 511 g/mol. The number of fused-ring (bicyclic) bond motifs is 1. The van der Waals surface area contributed by atoms with Crippen molar-refractivity contribution in [3.05, 3.63) is 107 Å². The molecule has 7 nitrogen and oxygen atoms in total. The van der Waals surface area contributed by atoms with Crippen molar-refractivity contribution in [2.24, 2.45) is 0 Å². The van der Waals surface area contributed by atoms with Gasteiger partial charge in [-0.05, 0) is 78.1 Å². The predicted molar refractivity (Wildman–Crippen MR) is 148 cm³/mol. The summed E-state index contributed by atoms with van der Waals surface area (Å²) in [6, 6.07) is 19.8. The second kappa shape index (κ2) is 10.8. The van der Waals surface area contributed by atoms with Crippen molar-refractivity contribution < 1.29 is 14.3 Å². The average Bonchev–Trinajstić information content (AvgIpc) is 3.55. The molecule has 2 aromatic heterocycles. The summed E-state index contributed by atoms with van der Waals surface area (Å²) in [4.78, 5) is 19.9. The summed E-state index contributed by atoms with van der Waals surface area (Å²) in [5, 5.41) is 16.3. The lowest BCUT2D eigenvalue weighted by molar-refractivity contribution is -0.137. The predicted octanol–water partition coefficient (Wildman–Crippen LogP) is 6.08. The number of H-pyrrole nitrogens is 1. The van der Waals surface area contributed by atoms with Crippen LogP contribution in [0, 0.1) is 12.7 Å². The average molecular weight is 512 g/mol. The van der Waals surface area contributed by atoms with E-state index in [1.165, 1.54) is 12.1 Å². The number of rotatable bonds is 10. The number of para-hydroxylation sites is 2. The number of aryl methyl sites for hydroxylation is 2. The number of carboxylic acids is 1. The van der Waals surface area contributed by atoms with Crippen molar-refractivity contribution in [1.29, 1.82) is 0 Å². The van der Waals surface area contributed by atoms with E-state index < -0.39 is 12.0 Å². The topological polar surface area (TPSA) is 95.0 Å². The number of aromatic amines is 1. The Morgan fingerprint density at radius 3 is 2.63 bits per heavy atom. The van der Waals surface area contributed by atoms with Crippen LogP contribution in [0.4, 0.5) is 16.0 Å². The lowest BCUT2D eigenvalue weighted by Gasteiger charge is -2.20. The van der Waals surface area contributed by atoms with Crippen LogP contribution in [0.1, 0.15) is 29.2 Å². The normalized spacial score (nSPS) is 12.0. The summed E-state index contributed by atoms with van der Waals surface area (Å²) < 4.78 is 15.9. The van der Waals surface area contributed by atoms with E-state index in [9.17, 15) is 14.3 Å². The first-order valence-electron chi connectivity index (χ1n) is 12.6. The van der Waals surface area contributed by atoms with Crippen molar-refractivity contribution in [3.63, 3.8) is 0 Å². The zero-order chi connectivity index (χ0) is 26.6. The molecule has 0 amide bonds. The molecule has 8 heteroatoms. The Hall–Kier alpha value is -4.59. The highest BCUT2D eigenvalue weighted by Crippen LogP contribution is 2.25. The molecule has 0 aliphatic carbocycles. The first kappa shape index (κ1) is 25.1. The molecule has 5 rings (SSSR count). The number of nitrogens with zero attached hydrogens (tertiary/aromatic N) is 2. The minimum atomic E-state index is -0.952. The number of carbonyl (C=O) groups is 1. The fraction of sp³-hybridized carbons (Fsp3) is 0.200. The summed E-state index contributed by atoms with van der Waals surface area (Å²) in [6.07, 6.45) is 4.95. The molecule has 0 saturated heterocycles. The number of hydrogen-bond acceptors (Lipinski definition) is 4. The third kappa shape index (κ3) is 5.54. The summed E-state index contributed by atoms with van der Waals surface area (Å²) in [5.74, 6) is -0.538. The highest BCUT2D eigenvalue weighted by molar-refractivity contribution is 5.79. The van der Waals surface area contributed by atoms with Crippen molar-refractivity contribution in [2.45, 2.75) is 39.3 Å². The zero-order valence-corrected chi connectivity index (χ0v) is 21.3. The number of aromatic nitrogens is 3. The quantitative estimate of drug-likeness (QED) is 0.182. The molecule has 0 fully saturated rings. The van der Waals surface area contributed by atoms with Crippen molar-refractivity contribution in [3.8, 4) is 5.69 Å². The van der Waals surface area contributed by atoms with Crippen LogP contribution in [-0.4, -0.2) is 31.7 Å². The molecule has 4 N–H and O–H groups in total. The fourth-order valence-electron chi connectivity index (χ4n) is 4.64. The van der Waals surface area contributed by atoms with Gasteiger partial charge in [0.2, 0.25) is 5.95 Å². The van der Waals surface area contributed by atoms with Crippen LogP contribution in [-0.2, 0) is 24.2 Å². The Labute approximate surface area is 220 Å². The lowest BCUT2D eigenvalue weighted by atomic mass is 10.0. The maximum Gasteiger partial charge on any atom is 0.326 e. The largest absolute Gasteiger partial charge is 0.480 e. The maximum absolute atomic E-state index is 13.8. The van der Waals surface area contributed by atoms with E-state index in [0.29, 0.717) is 30.6 Å². The van der Waals surface area contributed by atoms with E-state index in [-0.39, 0.29) is 5.82 Å². The van der Waals surface area contributed by atoms with Crippen LogP contribution < -0.4 is 10.6 Å². The molecular formula is C30H30FN5O2. The zero-order valence-electron chi connectivity index (χ0n) is 21.3. The second-order valence-corrected chi connectivity index (χ2v) is 9.40. The van der Waals surface area contributed by atoms with Gasteiger partial charge >= 0.3 is 5.97 Å². The van der Waals surface area contributed by atoms with E-state index in [2.05, 4.69) is 26.8 Å². The second-order valence-electron chi connectivity index (χ2n) is 9.40. The van der Waals surface area contributed by atoms with Crippen LogP contribution in [0.5, 0.6) is 0 Å². The molecule has 38 heavy (non-hydrogen) atoms. The molecule has 0 saturated carbocycles. The molecule has 3 aromatic carbocycles. The number of halogens is 1. The third-order valence-electron chi connectivity index (χ3n) is 6.66. The summed E-state index contributed by atoms with van der Waals surface area (Å²) in [6.45, 7) is 4.34. The number of nitrogens with one attached hydrogen (secondary N) is 3. The van der Waals surface area contributed by atoms with Crippen LogP contribution >= 0.6 is 0 Å². The van der Waals surface area contributed by atoms with Crippen LogP contribution in [0.2, 0.25) is 0 Å². The summed E-state index contributed by atoms with van der Waals surface area (Å²) in [7, 11) is 0. The standard InChI is InChI=1S/C30H30FN5O2/c1-3-22-16-23(31)14-19(2)28(22)33-27(29(37)38)15-20-8-10-24(11-9-20)36-13-12-21(18-36)17-32-30-34-25-6-4-5-7-26(25)35-30/h4-14,16,18,27,33H,3,15,17H2,1-2H3,(H,37,38)(H2,32,34,35). The van der Waals surface area contributed by atoms with E-state index in [1.807, 2.05) is 72.3 Å². The van der Waals surface area contributed by atoms with Gasteiger partial charge in [-0.1, -0.05) is 31.2 Å².